The van der Waals surface area contributed by atoms with E-state index in [1.807, 2.05) is 6.07 Å². The maximum Gasteiger partial charge on any atom is 0.0537 e. The lowest BCUT2D eigenvalue weighted by Gasteiger charge is -2.38. The van der Waals surface area contributed by atoms with Crippen molar-refractivity contribution in [1.29, 1.82) is 0 Å². The van der Waals surface area contributed by atoms with Gasteiger partial charge in [-0.05, 0) is 37.4 Å². The van der Waals surface area contributed by atoms with Crippen molar-refractivity contribution in [1.82, 2.24) is 4.90 Å². The van der Waals surface area contributed by atoms with Crippen molar-refractivity contribution in [3.63, 3.8) is 0 Å². The molecule has 0 radical (unpaired) electrons. The van der Waals surface area contributed by atoms with Gasteiger partial charge >= 0.3 is 0 Å². The summed E-state index contributed by atoms with van der Waals surface area (Å²) in [5.74, 6) is 0.911. The highest BCUT2D eigenvalue weighted by atomic mass is 16.3. The summed E-state index contributed by atoms with van der Waals surface area (Å²) in [5, 5.41) is 9.84. The Morgan fingerprint density at radius 2 is 1.84 bits per heavy atom. The van der Waals surface area contributed by atoms with Crippen LogP contribution in [0.4, 0.5) is 0 Å². The molecule has 19 heavy (non-hydrogen) atoms. The minimum Gasteiger partial charge on any atom is -0.395 e. The minimum absolute atomic E-state index is 0.139. The van der Waals surface area contributed by atoms with E-state index in [-0.39, 0.29) is 12.0 Å². The second kappa shape index (κ2) is 6.53. The minimum atomic E-state index is -0.139. The summed E-state index contributed by atoms with van der Waals surface area (Å²) in [6, 6.07) is 10.4. The van der Waals surface area contributed by atoms with Crippen molar-refractivity contribution in [2.24, 2.45) is 5.92 Å². The summed E-state index contributed by atoms with van der Waals surface area (Å²) in [5.41, 5.74) is 1.11. The van der Waals surface area contributed by atoms with Crippen molar-refractivity contribution in [3.05, 3.63) is 35.9 Å². The van der Waals surface area contributed by atoms with Crippen molar-refractivity contribution in [2.45, 2.75) is 38.5 Å². The highest BCUT2D eigenvalue weighted by Gasteiger charge is 2.30. The Bertz CT molecular complexity index is 370. The number of nitrogens with zero attached hydrogens (tertiary/aromatic N) is 1. The van der Waals surface area contributed by atoms with E-state index in [9.17, 15) is 5.11 Å². The van der Waals surface area contributed by atoms with Crippen LogP contribution in [0.15, 0.2) is 30.3 Å². The van der Waals surface area contributed by atoms with E-state index in [0.717, 1.165) is 12.5 Å². The second-order valence-electron chi connectivity index (χ2n) is 6.21. The fourth-order valence-corrected chi connectivity index (χ4v) is 3.12. The van der Waals surface area contributed by atoms with Gasteiger partial charge in [0.2, 0.25) is 0 Å². The standard InChI is InChI=1S/C17H27NO/c1-3-15-9-11-18(12-10-15)13-17(2,14-19)16-7-5-4-6-8-16/h4-8,15,19H,3,9-14H2,1-2H3. The van der Waals surface area contributed by atoms with Gasteiger partial charge in [-0.1, -0.05) is 50.6 Å². The first-order valence-electron chi connectivity index (χ1n) is 7.56. The second-order valence-corrected chi connectivity index (χ2v) is 6.21. The molecule has 0 spiro atoms. The van der Waals surface area contributed by atoms with Crippen molar-refractivity contribution in [2.75, 3.05) is 26.2 Å². The van der Waals surface area contributed by atoms with Crippen molar-refractivity contribution < 1.29 is 5.11 Å². The maximum atomic E-state index is 9.84. The van der Waals surface area contributed by atoms with Gasteiger partial charge in [-0.3, -0.25) is 0 Å². The predicted octanol–water partition coefficient (Wildman–Crippen LogP) is 3.06. The molecule has 0 amide bonds. The van der Waals surface area contributed by atoms with Crippen LogP contribution in [0, 0.1) is 5.92 Å². The number of benzene rings is 1. The van der Waals surface area contributed by atoms with E-state index < -0.39 is 0 Å². The van der Waals surface area contributed by atoms with Crippen LogP contribution in [0.3, 0.4) is 0 Å². The molecule has 1 atom stereocenters. The Hall–Kier alpha value is -0.860. The Morgan fingerprint density at radius 1 is 1.21 bits per heavy atom. The van der Waals surface area contributed by atoms with E-state index >= 15 is 0 Å². The lowest BCUT2D eigenvalue weighted by Crippen LogP contribution is -2.44. The first kappa shape index (κ1) is 14.5. The van der Waals surface area contributed by atoms with Gasteiger partial charge in [0.05, 0.1) is 6.61 Å². The van der Waals surface area contributed by atoms with Crippen LogP contribution in [0.2, 0.25) is 0 Å². The van der Waals surface area contributed by atoms with E-state index in [1.165, 1.54) is 37.9 Å². The number of rotatable bonds is 5. The lowest BCUT2D eigenvalue weighted by atomic mass is 9.82. The van der Waals surface area contributed by atoms with E-state index in [0.29, 0.717) is 0 Å². The average molecular weight is 261 g/mol. The lowest BCUT2D eigenvalue weighted by molar-refractivity contribution is 0.113. The maximum absolute atomic E-state index is 9.84. The summed E-state index contributed by atoms with van der Waals surface area (Å²) in [6.07, 6.45) is 3.93. The van der Waals surface area contributed by atoms with Gasteiger partial charge in [0.25, 0.3) is 0 Å². The molecule has 2 heteroatoms. The third kappa shape index (κ3) is 3.58. The molecule has 1 fully saturated rings. The molecule has 0 aliphatic carbocycles. The molecule has 1 aromatic carbocycles. The molecule has 1 aliphatic rings. The Morgan fingerprint density at radius 3 is 2.37 bits per heavy atom. The summed E-state index contributed by atoms with van der Waals surface area (Å²) in [6.45, 7) is 8.01. The quantitative estimate of drug-likeness (QED) is 0.880. The molecular formula is C17H27NO. The normalized spacial score (nSPS) is 21.2. The van der Waals surface area contributed by atoms with Crippen LogP contribution in [-0.2, 0) is 5.41 Å². The van der Waals surface area contributed by atoms with Gasteiger partial charge < -0.3 is 10.0 Å². The van der Waals surface area contributed by atoms with Crippen molar-refractivity contribution in [3.8, 4) is 0 Å². The molecule has 1 N–H and O–H groups in total. The van der Waals surface area contributed by atoms with E-state index in [4.69, 9.17) is 0 Å². The van der Waals surface area contributed by atoms with Gasteiger partial charge in [0, 0.05) is 12.0 Å². The molecule has 0 saturated carbocycles. The summed E-state index contributed by atoms with van der Waals surface area (Å²) in [4.78, 5) is 2.52. The number of piperidine rings is 1. The highest BCUT2D eigenvalue weighted by molar-refractivity contribution is 5.25. The fourth-order valence-electron chi connectivity index (χ4n) is 3.12. The predicted molar refractivity (Wildman–Crippen MR) is 80.3 cm³/mol. The molecule has 2 nitrogen and oxygen atoms in total. The van der Waals surface area contributed by atoms with Crippen LogP contribution in [0.25, 0.3) is 0 Å². The number of aliphatic hydroxyl groups is 1. The van der Waals surface area contributed by atoms with Gasteiger partial charge in [0.15, 0.2) is 0 Å². The largest absolute Gasteiger partial charge is 0.395 e. The van der Waals surface area contributed by atoms with Crippen LogP contribution in [-0.4, -0.2) is 36.2 Å². The van der Waals surface area contributed by atoms with Crippen LogP contribution >= 0.6 is 0 Å². The zero-order valence-electron chi connectivity index (χ0n) is 12.3. The zero-order valence-corrected chi connectivity index (χ0v) is 12.3. The smallest absolute Gasteiger partial charge is 0.0537 e. The van der Waals surface area contributed by atoms with E-state index in [2.05, 4.69) is 43.0 Å². The molecule has 1 aromatic rings. The Labute approximate surface area is 117 Å². The third-order valence-electron chi connectivity index (χ3n) is 4.68. The number of hydrogen-bond acceptors (Lipinski definition) is 2. The molecule has 106 valence electrons. The molecule has 1 aliphatic heterocycles. The average Bonchev–Trinajstić information content (AvgIpc) is 2.49. The van der Waals surface area contributed by atoms with Crippen LogP contribution < -0.4 is 0 Å². The van der Waals surface area contributed by atoms with Gasteiger partial charge in [0.1, 0.15) is 0 Å². The van der Waals surface area contributed by atoms with Gasteiger partial charge in [-0.25, -0.2) is 0 Å². The van der Waals surface area contributed by atoms with Gasteiger partial charge in [-0.15, -0.1) is 0 Å². The first-order chi connectivity index (χ1) is 9.18. The molecule has 1 unspecified atom stereocenters. The molecule has 0 aromatic heterocycles. The first-order valence-corrected chi connectivity index (χ1v) is 7.56. The molecule has 1 heterocycles. The Balaban J connectivity index is 2.00. The zero-order chi connectivity index (χ0) is 13.7. The molecular weight excluding hydrogens is 234 g/mol. The third-order valence-corrected chi connectivity index (χ3v) is 4.68. The van der Waals surface area contributed by atoms with Crippen molar-refractivity contribution >= 4 is 0 Å². The summed E-state index contributed by atoms with van der Waals surface area (Å²) < 4.78 is 0. The SMILES string of the molecule is CCC1CCN(CC(C)(CO)c2ccccc2)CC1. The fraction of sp³-hybridized carbons (Fsp3) is 0.647. The summed E-state index contributed by atoms with van der Waals surface area (Å²) >= 11 is 0. The monoisotopic (exact) mass is 261 g/mol. The molecule has 2 rings (SSSR count). The van der Waals surface area contributed by atoms with E-state index in [1.54, 1.807) is 0 Å². The van der Waals surface area contributed by atoms with Crippen LogP contribution in [0.5, 0.6) is 0 Å². The van der Waals surface area contributed by atoms with Crippen LogP contribution in [0.1, 0.15) is 38.7 Å². The highest BCUT2D eigenvalue weighted by Crippen LogP contribution is 2.27. The number of aliphatic hydroxyl groups excluding tert-OH is 1. The molecule has 1 saturated heterocycles. The molecule has 0 bridgehead atoms. The Kier molecular flexibility index (Phi) is 5.00. The van der Waals surface area contributed by atoms with Gasteiger partial charge in [-0.2, -0.15) is 0 Å². The topological polar surface area (TPSA) is 23.5 Å². The number of likely N-dealkylation sites (tertiary alicyclic amines) is 1. The summed E-state index contributed by atoms with van der Waals surface area (Å²) in [7, 11) is 0. The number of hydrogen-bond donors (Lipinski definition) is 1.